The number of carbonyl (C=O) groups excluding carboxylic acids is 1. The average molecular weight is 628 g/mol. The van der Waals surface area contributed by atoms with Crippen LogP contribution in [0, 0.1) is 17.2 Å². The van der Waals surface area contributed by atoms with E-state index in [-0.39, 0.29) is 33.9 Å². The normalized spacial score (nSPS) is 21.3. The molecule has 0 radical (unpaired) electrons. The maximum Gasteiger partial charge on any atom is 0.291 e. The zero-order valence-corrected chi connectivity index (χ0v) is 24.9. The van der Waals surface area contributed by atoms with E-state index in [1.165, 1.54) is 23.0 Å². The van der Waals surface area contributed by atoms with E-state index in [1.54, 1.807) is 6.07 Å². The number of piperazine rings is 1. The van der Waals surface area contributed by atoms with Gasteiger partial charge in [0.2, 0.25) is 21.1 Å². The number of rotatable bonds is 7. The fraction of sp³-hybridized carbons (Fsp3) is 0.481. The number of fused-ring (bicyclic) bond motifs is 6. The number of halogens is 2. The van der Waals surface area contributed by atoms with Crippen LogP contribution in [0.25, 0.3) is 27.1 Å². The summed E-state index contributed by atoms with van der Waals surface area (Å²) in [6.07, 6.45) is 1.16. The molecule has 0 spiro atoms. The minimum Gasteiger partial charge on any atom is -0.349 e. The van der Waals surface area contributed by atoms with Crippen molar-refractivity contribution >= 4 is 55.0 Å². The van der Waals surface area contributed by atoms with Crippen LogP contribution >= 0.6 is 11.3 Å². The molecular formula is C27H27F2N9O3S2. The summed E-state index contributed by atoms with van der Waals surface area (Å²) >= 11 is 0.690. The Morgan fingerprint density at radius 3 is 2.56 bits per heavy atom. The van der Waals surface area contributed by atoms with E-state index in [0.717, 1.165) is 12.8 Å². The molecule has 4 aromatic rings. The number of aromatic nitrogens is 5. The van der Waals surface area contributed by atoms with Crippen LogP contribution in [-0.2, 0) is 14.8 Å². The number of amides is 1. The van der Waals surface area contributed by atoms with Gasteiger partial charge in [0.05, 0.1) is 21.9 Å². The number of sulfonamides is 1. The van der Waals surface area contributed by atoms with Gasteiger partial charge in [-0.2, -0.15) is 9.98 Å². The Bertz CT molecular complexity index is 1930. The van der Waals surface area contributed by atoms with Gasteiger partial charge in [-0.05, 0) is 37.8 Å². The molecule has 3 aliphatic heterocycles. The number of hydrogen-bond donors (Lipinski definition) is 1. The highest BCUT2D eigenvalue weighted by atomic mass is 32.2. The van der Waals surface area contributed by atoms with E-state index in [2.05, 4.69) is 29.8 Å². The van der Waals surface area contributed by atoms with Gasteiger partial charge < -0.3 is 9.80 Å². The Hall–Kier alpha value is -3.81. The van der Waals surface area contributed by atoms with Crippen LogP contribution in [0.1, 0.15) is 51.0 Å². The SMILES string of the molecule is CC(C)C(=O)N1CC2CCC1CN2c1ncnc2c1c1ccc(S(=O)(=O)NC3(C#N)CC3)cc1n2-c1nnc(C(F)F)s1. The first-order valence-corrected chi connectivity index (χ1v) is 16.3. The van der Waals surface area contributed by atoms with Gasteiger partial charge in [0.1, 0.15) is 17.7 Å². The predicted octanol–water partition coefficient (Wildman–Crippen LogP) is 3.53. The van der Waals surface area contributed by atoms with Crippen LogP contribution in [0.5, 0.6) is 0 Å². The fourth-order valence-electron chi connectivity index (χ4n) is 6.15. The molecule has 3 aromatic heterocycles. The molecule has 43 heavy (non-hydrogen) atoms. The second-order valence-electron chi connectivity index (χ2n) is 11.6. The second kappa shape index (κ2) is 9.86. The Labute approximate surface area is 249 Å². The topological polar surface area (TPSA) is 150 Å². The molecule has 1 aromatic carbocycles. The van der Waals surface area contributed by atoms with Crippen molar-refractivity contribution in [3.8, 4) is 11.2 Å². The van der Waals surface area contributed by atoms with Crippen LogP contribution in [-0.4, -0.2) is 74.7 Å². The average Bonchev–Trinajstić information content (AvgIpc) is 3.43. The van der Waals surface area contributed by atoms with Gasteiger partial charge in [-0.3, -0.25) is 9.36 Å². The lowest BCUT2D eigenvalue weighted by molar-refractivity contribution is -0.139. The summed E-state index contributed by atoms with van der Waals surface area (Å²) in [7, 11) is -4.08. The third-order valence-electron chi connectivity index (χ3n) is 8.49. The van der Waals surface area contributed by atoms with E-state index < -0.39 is 27.0 Å². The molecule has 2 atom stereocenters. The van der Waals surface area contributed by atoms with Crippen molar-refractivity contribution in [2.24, 2.45) is 5.92 Å². The Balaban J connectivity index is 1.39. The minimum absolute atomic E-state index is 0.0146. The quantitative estimate of drug-likeness (QED) is 0.325. The molecule has 2 bridgehead atoms. The monoisotopic (exact) mass is 627 g/mol. The molecule has 4 fully saturated rings. The van der Waals surface area contributed by atoms with E-state index >= 15 is 0 Å². The number of hydrogen-bond acceptors (Lipinski definition) is 10. The summed E-state index contributed by atoms with van der Waals surface area (Å²) in [5, 5.41) is 18.0. The lowest BCUT2D eigenvalue weighted by Crippen LogP contribution is -2.64. The number of benzene rings is 1. The number of piperidine rings is 2. The summed E-state index contributed by atoms with van der Waals surface area (Å²) in [4.78, 5) is 26.1. The zero-order chi connectivity index (χ0) is 30.3. The van der Waals surface area contributed by atoms with Gasteiger partial charge in [-0.15, -0.1) is 10.2 Å². The van der Waals surface area contributed by atoms with Crippen molar-refractivity contribution in [3.05, 3.63) is 29.5 Å². The molecule has 12 nitrogen and oxygen atoms in total. The lowest BCUT2D eigenvalue weighted by Gasteiger charge is -2.52. The van der Waals surface area contributed by atoms with Crippen LogP contribution in [0.15, 0.2) is 29.4 Å². The van der Waals surface area contributed by atoms with Crippen molar-refractivity contribution in [2.75, 3.05) is 18.0 Å². The molecule has 4 aliphatic rings. The number of alkyl halides is 2. The van der Waals surface area contributed by atoms with Gasteiger partial charge in [0.15, 0.2) is 10.7 Å². The smallest absolute Gasteiger partial charge is 0.291 e. The molecule has 1 N–H and O–H groups in total. The van der Waals surface area contributed by atoms with Crippen molar-refractivity contribution in [3.63, 3.8) is 0 Å². The van der Waals surface area contributed by atoms with Crippen molar-refractivity contribution in [1.29, 1.82) is 5.26 Å². The largest absolute Gasteiger partial charge is 0.349 e. The minimum atomic E-state index is -4.08. The summed E-state index contributed by atoms with van der Waals surface area (Å²) < 4.78 is 57.7. The van der Waals surface area contributed by atoms with Gasteiger partial charge >= 0.3 is 0 Å². The van der Waals surface area contributed by atoms with Crippen LogP contribution in [0.4, 0.5) is 14.6 Å². The Morgan fingerprint density at radius 1 is 1.16 bits per heavy atom. The molecule has 8 rings (SSSR count). The van der Waals surface area contributed by atoms with Crippen LogP contribution < -0.4 is 9.62 Å². The highest BCUT2D eigenvalue weighted by molar-refractivity contribution is 7.89. The molecule has 1 amide bonds. The summed E-state index contributed by atoms with van der Waals surface area (Å²) in [5.41, 5.74) is -0.382. The van der Waals surface area contributed by atoms with Gasteiger partial charge in [0.25, 0.3) is 6.43 Å². The summed E-state index contributed by atoms with van der Waals surface area (Å²) in [5.74, 6) is 0.634. The zero-order valence-electron chi connectivity index (χ0n) is 23.2. The first-order chi connectivity index (χ1) is 20.5. The van der Waals surface area contributed by atoms with Crippen LogP contribution in [0.3, 0.4) is 0 Å². The number of anilines is 1. The molecule has 16 heteroatoms. The Kier molecular flexibility index (Phi) is 6.42. The predicted molar refractivity (Wildman–Crippen MR) is 153 cm³/mol. The standard InChI is InChI=1S/C27H27F2N9O3S2/c1-14(2)25(39)37-11-15-3-4-16(37)10-36(15)22-20-18-6-5-17(43(40,41)35-27(12-30)7-8-27)9-19(18)38(23(20)32-13-31-22)26-34-33-24(42-26)21(28)29/h5-6,9,13-16,21,35H,3-4,7-8,10-11H2,1-2H3. The van der Waals surface area contributed by atoms with E-state index in [1.807, 2.05) is 24.8 Å². The maximum absolute atomic E-state index is 13.5. The van der Waals surface area contributed by atoms with Gasteiger partial charge in [0, 0.05) is 36.5 Å². The molecule has 224 valence electrons. The number of nitrogens with one attached hydrogen (secondary N) is 1. The van der Waals surface area contributed by atoms with E-state index in [4.69, 9.17) is 0 Å². The van der Waals surface area contributed by atoms with Crippen molar-refractivity contribution in [1.82, 2.24) is 34.4 Å². The van der Waals surface area contributed by atoms with E-state index in [9.17, 15) is 27.3 Å². The van der Waals surface area contributed by atoms with Crippen molar-refractivity contribution in [2.45, 2.75) is 68.5 Å². The highest BCUT2D eigenvalue weighted by Crippen LogP contribution is 2.42. The van der Waals surface area contributed by atoms with Crippen molar-refractivity contribution < 1.29 is 22.0 Å². The Morgan fingerprint density at radius 2 is 1.93 bits per heavy atom. The number of nitriles is 1. The fourth-order valence-corrected chi connectivity index (χ4v) is 8.26. The molecule has 1 aliphatic carbocycles. The summed E-state index contributed by atoms with van der Waals surface area (Å²) in [6, 6.07) is 6.60. The van der Waals surface area contributed by atoms with E-state index in [0.29, 0.717) is 65.0 Å². The molecular weight excluding hydrogens is 600 g/mol. The number of nitrogens with zero attached hydrogens (tertiary/aromatic N) is 8. The first kappa shape index (κ1) is 28.0. The third-order valence-corrected chi connectivity index (χ3v) is 10.9. The second-order valence-corrected chi connectivity index (χ2v) is 14.3. The summed E-state index contributed by atoms with van der Waals surface area (Å²) in [6.45, 7) is 4.93. The number of carbonyl (C=O) groups is 1. The third kappa shape index (κ3) is 4.52. The maximum atomic E-state index is 13.5. The first-order valence-electron chi connectivity index (χ1n) is 14.0. The molecule has 2 unspecified atom stereocenters. The lowest BCUT2D eigenvalue weighted by atomic mass is 9.89. The molecule has 1 saturated carbocycles. The highest BCUT2D eigenvalue weighted by Gasteiger charge is 2.47. The molecule has 3 saturated heterocycles. The van der Waals surface area contributed by atoms with Gasteiger partial charge in [-0.1, -0.05) is 31.3 Å². The van der Waals surface area contributed by atoms with Gasteiger partial charge in [-0.25, -0.2) is 27.2 Å². The van der Waals surface area contributed by atoms with Crippen LogP contribution in [0.2, 0.25) is 0 Å². The molecule has 6 heterocycles.